The quantitative estimate of drug-likeness (QED) is 0.733. The SMILES string of the molecule is NOCc1nc(C2CC3CCC2O3)no1. The molecule has 2 fully saturated rings. The van der Waals surface area contributed by atoms with Gasteiger partial charge in [0.2, 0.25) is 0 Å². The molecule has 82 valence electrons. The Labute approximate surface area is 86.7 Å². The van der Waals surface area contributed by atoms with Crippen molar-refractivity contribution in [3.05, 3.63) is 11.7 Å². The van der Waals surface area contributed by atoms with Gasteiger partial charge in [-0.25, -0.2) is 5.90 Å². The van der Waals surface area contributed by atoms with Gasteiger partial charge in [-0.3, -0.25) is 4.84 Å². The Bertz CT molecular complexity index is 354. The molecule has 6 heteroatoms. The van der Waals surface area contributed by atoms with E-state index in [4.69, 9.17) is 15.2 Å². The van der Waals surface area contributed by atoms with Crippen LogP contribution < -0.4 is 5.90 Å². The van der Waals surface area contributed by atoms with Gasteiger partial charge >= 0.3 is 0 Å². The molecule has 2 N–H and O–H groups in total. The molecule has 3 atom stereocenters. The van der Waals surface area contributed by atoms with Crippen LogP contribution in [0.15, 0.2) is 4.52 Å². The van der Waals surface area contributed by atoms with Crippen LogP contribution in [0.1, 0.15) is 36.9 Å². The summed E-state index contributed by atoms with van der Waals surface area (Å²) in [4.78, 5) is 8.68. The summed E-state index contributed by atoms with van der Waals surface area (Å²) in [6, 6.07) is 0. The highest BCUT2D eigenvalue weighted by Crippen LogP contribution is 2.43. The largest absolute Gasteiger partial charge is 0.374 e. The molecule has 0 spiro atoms. The minimum absolute atomic E-state index is 0.161. The van der Waals surface area contributed by atoms with E-state index in [9.17, 15) is 0 Å². The molecule has 2 aliphatic rings. The van der Waals surface area contributed by atoms with Crippen molar-refractivity contribution in [3.63, 3.8) is 0 Å². The predicted molar refractivity (Wildman–Crippen MR) is 48.5 cm³/mol. The second kappa shape index (κ2) is 3.55. The second-order valence-corrected chi connectivity index (χ2v) is 4.07. The van der Waals surface area contributed by atoms with Gasteiger partial charge in [0, 0.05) is 0 Å². The normalized spacial score (nSPS) is 33.8. The Balaban J connectivity index is 1.75. The third kappa shape index (κ3) is 1.54. The van der Waals surface area contributed by atoms with Crippen molar-refractivity contribution in [1.82, 2.24) is 10.1 Å². The minimum atomic E-state index is 0.161. The van der Waals surface area contributed by atoms with E-state index in [0.717, 1.165) is 25.1 Å². The van der Waals surface area contributed by atoms with E-state index in [1.807, 2.05) is 0 Å². The molecule has 3 unspecified atom stereocenters. The van der Waals surface area contributed by atoms with E-state index in [1.54, 1.807) is 0 Å². The summed E-state index contributed by atoms with van der Waals surface area (Å²) < 4.78 is 10.7. The number of fused-ring (bicyclic) bond motifs is 2. The van der Waals surface area contributed by atoms with E-state index >= 15 is 0 Å². The molecule has 0 aliphatic carbocycles. The topological polar surface area (TPSA) is 83.4 Å². The molecule has 2 saturated heterocycles. The zero-order valence-electron chi connectivity index (χ0n) is 8.26. The molecular weight excluding hydrogens is 198 g/mol. The van der Waals surface area contributed by atoms with Crippen molar-refractivity contribution >= 4 is 0 Å². The Morgan fingerprint density at radius 3 is 3.07 bits per heavy atom. The maximum Gasteiger partial charge on any atom is 0.254 e. The Morgan fingerprint density at radius 2 is 2.40 bits per heavy atom. The zero-order chi connectivity index (χ0) is 10.3. The first-order valence-corrected chi connectivity index (χ1v) is 5.16. The third-order valence-electron chi connectivity index (χ3n) is 3.13. The summed E-state index contributed by atoms with van der Waals surface area (Å²) in [6.45, 7) is 0.161. The first-order valence-electron chi connectivity index (χ1n) is 5.16. The smallest absolute Gasteiger partial charge is 0.254 e. The number of rotatable bonds is 3. The number of hydrogen-bond donors (Lipinski definition) is 1. The fraction of sp³-hybridized carbons (Fsp3) is 0.778. The van der Waals surface area contributed by atoms with E-state index < -0.39 is 0 Å². The Hall–Kier alpha value is -0.980. The van der Waals surface area contributed by atoms with Crippen LogP contribution in [-0.2, 0) is 16.2 Å². The van der Waals surface area contributed by atoms with Crippen molar-refractivity contribution in [2.75, 3.05) is 0 Å². The molecule has 1 aromatic rings. The molecule has 0 saturated carbocycles. The summed E-state index contributed by atoms with van der Waals surface area (Å²) in [5.41, 5.74) is 0. The highest BCUT2D eigenvalue weighted by atomic mass is 16.6. The Morgan fingerprint density at radius 1 is 1.47 bits per heavy atom. The highest BCUT2D eigenvalue weighted by molar-refractivity contribution is 5.06. The number of nitrogens with two attached hydrogens (primary N) is 1. The summed E-state index contributed by atoms with van der Waals surface area (Å²) in [7, 11) is 0. The van der Waals surface area contributed by atoms with Crippen LogP contribution in [0.2, 0.25) is 0 Å². The standard InChI is InChI=1S/C9H13N3O3/c10-13-4-8-11-9(12-15-8)6-3-5-1-2-7(6)14-5/h5-7H,1-4,10H2. The van der Waals surface area contributed by atoms with Crippen molar-refractivity contribution in [2.45, 2.75) is 44.0 Å². The summed E-state index contributed by atoms with van der Waals surface area (Å²) in [5.74, 6) is 6.38. The van der Waals surface area contributed by atoms with Crippen LogP contribution in [0.5, 0.6) is 0 Å². The molecule has 0 radical (unpaired) electrons. The number of nitrogens with zero attached hydrogens (tertiary/aromatic N) is 2. The van der Waals surface area contributed by atoms with Crippen LogP contribution in [0.25, 0.3) is 0 Å². The van der Waals surface area contributed by atoms with Crippen LogP contribution >= 0.6 is 0 Å². The predicted octanol–water partition coefficient (Wildman–Crippen LogP) is 0.495. The molecule has 1 aromatic heterocycles. The lowest BCUT2D eigenvalue weighted by Crippen LogP contribution is -2.15. The molecule has 3 rings (SSSR count). The molecule has 15 heavy (non-hydrogen) atoms. The fourth-order valence-electron chi connectivity index (χ4n) is 2.46. The van der Waals surface area contributed by atoms with Gasteiger partial charge in [-0.15, -0.1) is 0 Å². The molecule has 6 nitrogen and oxygen atoms in total. The Kier molecular flexibility index (Phi) is 2.19. The van der Waals surface area contributed by atoms with Gasteiger partial charge in [-0.2, -0.15) is 4.98 Å². The zero-order valence-corrected chi connectivity index (χ0v) is 8.26. The van der Waals surface area contributed by atoms with Crippen LogP contribution in [-0.4, -0.2) is 22.3 Å². The minimum Gasteiger partial charge on any atom is -0.374 e. The maximum atomic E-state index is 5.73. The van der Waals surface area contributed by atoms with Gasteiger partial charge < -0.3 is 9.26 Å². The molecule has 2 bridgehead atoms. The number of hydrogen-bond acceptors (Lipinski definition) is 6. The summed E-state index contributed by atoms with van der Waals surface area (Å²) in [5, 5.41) is 3.93. The molecule has 0 aromatic carbocycles. The average Bonchev–Trinajstić information content (AvgIpc) is 2.91. The highest BCUT2D eigenvalue weighted by Gasteiger charge is 2.43. The van der Waals surface area contributed by atoms with Crippen molar-refractivity contribution in [1.29, 1.82) is 0 Å². The molecule has 3 heterocycles. The van der Waals surface area contributed by atoms with Gasteiger partial charge in [0.25, 0.3) is 5.89 Å². The van der Waals surface area contributed by atoms with Gasteiger partial charge in [-0.05, 0) is 19.3 Å². The van der Waals surface area contributed by atoms with Gasteiger partial charge in [0.05, 0.1) is 18.1 Å². The van der Waals surface area contributed by atoms with Gasteiger partial charge in [-0.1, -0.05) is 5.16 Å². The fourth-order valence-corrected chi connectivity index (χ4v) is 2.46. The van der Waals surface area contributed by atoms with Crippen LogP contribution in [0.3, 0.4) is 0 Å². The maximum absolute atomic E-state index is 5.73. The van der Waals surface area contributed by atoms with Crippen LogP contribution in [0, 0.1) is 0 Å². The second-order valence-electron chi connectivity index (χ2n) is 4.07. The van der Waals surface area contributed by atoms with Gasteiger partial charge in [0.1, 0.15) is 6.61 Å². The monoisotopic (exact) mass is 211 g/mol. The van der Waals surface area contributed by atoms with E-state index in [2.05, 4.69) is 15.0 Å². The summed E-state index contributed by atoms with van der Waals surface area (Å²) in [6.07, 6.45) is 3.95. The summed E-state index contributed by atoms with van der Waals surface area (Å²) >= 11 is 0. The van der Waals surface area contributed by atoms with Crippen LogP contribution in [0.4, 0.5) is 0 Å². The van der Waals surface area contributed by atoms with E-state index in [-0.39, 0.29) is 12.7 Å². The lowest BCUT2D eigenvalue weighted by molar-refractivity contribution is 0.0988. The van der Waals surface area contributed by atoms with E-state index in [1.165, 1.54) is 0 Å². The lowest BCUT2D eigenvalue weighted by Gasteiger charge is -2.13. The third-order valence-corrected chi connectivity index (χ3v) is 3.13. The van der Waals surface area contributed by atoms with Gasteiger partial charge in [0.15, 0.2) is 5.82 Å². The first-order chi connectivity index (χ1) is 7.36. The lowest BCUT2D eigenvalue weighted by atomic mass is 9.89. The van der Waals surface area contributed by atoms with Crippen molar-refractivity contribution in [3.8, 4) is 0 Å². The molecular formula is C9H13N3O3. The molecule has 0 amide bonds. The number of ether oxygens (including phenoxy) is 1. The average molecular weight is 211 g/mol. The molecule has 2 aliphatic heterocycles. The van der Waals surface area contributed by atoms with Crippen molar-refractivity contribution < 1.29 is 14.1 Å². The number of aromatic nitrogens is 2. The van der Waals surface area contributed by atoms with E-state index in [0.29, 0.717) is 17.9 Å². The first kappa shape index (κ1) is 9.26. The van der Waals surface area contributed by atoms with Crippen molar-refractivity contribution in [2.24, 2.45) is 5.90 Å².